The minimum atomic E-state index is -4.91. The first-order chi connectivity index (χ1) is 18.2. The Labute approximate surface area is 231 Å². The molecule has 2 aromatic heterocycles. The Morgan fingerprint density at radius 1 is 1.20 bits per heavy atom. The highest BCUT2D eigenvalue weighted by Gasteiger charge is 2.47. The fraction of sp³-hybridized carbons (Fsp3) is 0.583. The number of hydrogen-bond donors (Lipinski definition) is 2. The van der Waals surface area contributed by atoms with Crippen LogP contribution in [0.5, 0.6) is 0 Å². The molecule has 2 N–H and O–H groups in total. The van der Waals surface area contributed by atoms with Crippen molar-refractivity contribution in [2.45, 2.75) is 58.3 Å². The van der Waals surface area contributed by atoms with E-state index in [0.29, 0.717) is 17.9 Å². The first kappa shape index (κ1) is 30.1. The van der Waals surface area contributed by atoms with Crippen molar-refractivity contribution in [3.8, 4) is 10.4 Å². The molecule has 4 heterocycles. The second kappa shape index (κ2) is 10.2. The van der Waals surface area contributed by atoms with Crippen LogP contribution >= 0.6 is 11.3 Å². The molecule has 220 valence electrons. The molecule has 0 saturated carbocycles. The number of thiazole rings is 1. The zero-order chi connectivity index (χ0) is 29.8. The van der Waals surface area contributed by atoms with Crippen LogP contribution in [0, 0.1) is 5.41 Å². The normalized spacial score (nSPS) is 20.7. The van der Waals surface area contributed by atoms with Crippen molar-refractivity contribution in [3.05, 3.63) is 28.5 Å². The Balaban J connectivity index is 1.77. The van der Waals surface area contributed by atoms with Gasteiger partial charge in [0.2, 0.25) is 0 Å². The van der Waals surface area contributed by atoms with Crippen LogP contribution in [0.2, 0.25) is 0 Å². The Kier molecular flexibility index (Phi) is 7.67. The molecule has 2 fully saturated rings. The van der Waals surface area contributed by atoms with Gasteiger partial charge in [-0.1, -0.05) is 20.8 Å². The van der Waals surface area contributed by atoms with Crippen molar-refractivity contribution >= 4 is 38.8 Å². The summed E-state index contributed by atoms with van der Waals surface area (Å²) in [4.78, 5) is 34.7. The number of alkyl halides is 5. The zero-order valence-electron chi connectivity index (χ0n) is 22.0. The fourth-order valence-corrected chi connectivity index (χ4v) is 6.66. The van der Waals surface area contributed by atoms with Gasteiger partial charge in [-0.25, -0.2) is 27.2 Å². The SMILES string of the molecule is CC1CC(F)(F)CN1C(=O)c1nc(C(=O)NC2CS(=O)(=O)C2)sc1-c1cnc(NCC(C)(C)C)cc1C(F)(F)F. The van der Waals surface area contributed by atoms with Crippen LogP contribution in [-0.2, 0) is 16.0 Å². The summed E-state index contributed by atoms with van der Waals surface area (Å²) < 4.78 is 93.7. The lowest BCUT2D eigenvalue weighted by atomic mass is 9.97. The van der Waals surface area contributed by atoms with E-state index in [1.165, 1.54) is 6.92 Å². The van der Waals surface area contributed by atoms with Gasteiger partial charge < -0.3 is 15.5 Å². The highest BCUT2D eigenvalue weighted by atomic mass is 32.2. The smallest absolute Gasteiger partial charge is 0.370 e. The summed E-state index contributed by atoms with van der Waals surface area (Å²) in [6.45, 7) is 6.37. The predicted molar refractivity (Wildman–Crippen MR) is 138 cm³/mol. The number of carbonyl (C=O) groups is 2. The monoisotopic (exact) mass is 609 g/mol. The first-order valence-electron chi connectivity index (χ1n) is 12.3. The van der Waals surface area contributed by atoms with Gasteiger partial charge in [0.25, 0.3) is 17.7 Å². The average molecular weight is 610 g/mol. The molecule has 0 bridgehead atoms. The van der Waals surface area contributed by atoms with Crippen LogP contribution in [-0.4, -0.2) is 77.7 Å². The number of sulfone groups is 1. The van der Waals surface area contributed by atoms with Gasteiger partial charge in [0.05, 0.1) is 34.5 Å². The minimum Gasteiger partial charge on any atom is -0.370 e. The lowest BCUT2D eigenvalue weighted by molar-refractivity contribution is -0.137. The summed E-state index contributed by atoms with van der Waals surface area (Å²) in [5.74, 6) is -5.83. The van der Waals surface area contributed by atoms with Crippen LogP contribution in [0.1, 0.15) is 60.0 Å². The van der Waals surface area contributed by atoms with E-state index in [9.17, 15) is 40.0 Å². The molecular weight excluding hydrogens is 581 g/mol. The van der Waals surface area contributed by atoms with Gasteiger partial charge in [0.15, 0.2) is 14.8 Å². The summed E-state index contributed by atoms with van der Waals surface area (Å²) in [6.07, 6.45) is -4.64. The van der Waals surface area contributed by atoms with E-state index in [-0.39, 0.29) is 27.6 Å². The maximum absolute atomic E-state index is 14.2. The van der Waals surface area contributed by atoms with Crippen LogP contribution in [0.15, 0.2) is 12.3 Å². The van der Waals surface area contributed by atoms with Gasteiger partial charge in [-0.05, 0) is 18.4 Å². The molecular formula is C24H28F5N5O4S2. The van der Waals surface area contributed by atoms with Crippen molar-refractivity contribution in [2.24, 2.45) is 5.41 Å². The van der Waals surface area contributed by atoms with Crippen molar-refractivity contribution in [1.82, 2.24) is 20.2 Å². The Morgan fingerprint density at radius 3 is 2.38 bits per heavy atom. The van der Waals surface area contributed by atoms with Crippen molar-refractivity contribution in [1.29, 1.82) is 0 Å². The molecule has 0 spiro atoms. The molecule has 2 amide bonds. The van der Waals surface area contributed by atoms with E-state index in [1.54, 1.807) is 0 Å². The lowest BCUT2D eigenvalue weighted by Gasteiger charge is -2.25. The van der Waals surface area contributed by atoms with E-state index in [1.807, 2.05) is 20.8 Å². The topological polar surface area (TPSA) is 121 Å². The number of aromatic nitrogens is 2. The summed E-state index contributed by atoms with van der Waals surface area (Å²) in [5, 5.41) is 4.86. The molecule has 1 atom stereocenters. The second-order valence-corrected chi connectivity index (χ2v) is 14.5. The summed E-state index contributed by atoms with van der Waals surface area (Å²) in [6, 6.07) is -0.874. The van der Waals surface area contributed by atoms with E-state index in [4.69, 9.17) is 0 Å². The summed E-state index contributed by atoms with van der Waals surface area (Å²) in [5.41, 5.74) is -2.57. The molecule has 2 saturated heterocycles. The molecule has 0 aliphatic carbocycles. The van der Waals surface area contributed by atoms with E-state index >= 15 is 0 Å². The van der Waals surface area contributed by atoms with Gasteiger partial charge in [-0.3, -0.25) is 9.59 Å². The second-order valence-electron chi connectivity index (χ2n) is 11.3. The molecule has 1 unspecified atom stereocenters. The Bertz CT molecular complexity index is 1420. The molecule has 2 aliphatic heterocycles. The maximum Gasteiger partial charge on any atom is 0.417 e. The number of amides is 2. The number of hydrogen-bond acceptors (Lipinski definition) is 8. The van der Waals surface area contributed by atoms with Gasteiger partial charge in [0.1, 0.15) is 11.5 Å². The Hall–Kier alpha value is -2.88. The van der Waals surface area contributed by atoms with Crippen LogP contribution in [0.4, 0.5) is 27.8 Å². The third-order valence-electron chi connectivity index (χ3n) is 6.31. The van der Waals surface area contributed by atoms with Gasteiger partial charge in [-0.2, -0.15) is 13.2 Å². The number of rotatable bonds is 6. The molecule has 4 rings (SSSR count). The van der Waals surface area contributed by atoms with Crippen molar-refractivity contribution in [3.63, 3.8) is 0 Å². The summed E-state index contributed by atoms with van der Waals surface area (Å²) >= 11 is 0.471. The minimum absolute atomic E-state index is 0.0691. The van der Waals surface area contributed by atoms with Crippen molar-refractivity contribution < 1.29 is 40.0 Å². The highest BCUT2D eigenvalue weighted by molar-refractivity contribution is 7.92. The number of carbonyl (C=O) groups excluding carboxylic acids is 2. The first-order valence-corrected chi connectivity index (χ1v) is 14.9. The molecule has 0 aromatic carbocycles. The maximum atomic E-state index is 14.2. The van der Waals surface area contributed by atoms with E-state index in [2.05, 4.69) is 20.6 Å². The predicted octanol–water partition coefficient (Wildman–Crippen LogP) is 4.08. The third-order valence-corrected chi connectivity index (χ3v) is 9.22. The number of nitrogens with one attached hydrogen (secondary N) is 2. The Morgan fingerprint density at radius 2 is 1.85 bits per heavy atom. The number of pyridine rings is 1. The van der Waals surface area contributed by atoms with Crippen LogP contribution < -0.4 is 10.6 Å². The average Bonchev–Trinajstić information content (AvgIpc) is 3.35. The van der Waals surface area contributed by atoms with E-state index < -0.39 is 80.6 Å². The van der Waals surface area contributed by atoms with Gasteiger partial charge in [-0.15, -0.1) is 11.3 Å². The third kappa shape index (κ3) is 6.70. The number of nitrogens with zero attached hydrogens (tertiary/aromatic N) is 3. The van der Waals surface area contributed by atoms with Crippen molar-refractivity contribution in [2.75, 3.05) is 29.9 Å². The van der Waals surface area contributed by atoms with Crippen LogP contribution in [0.3, 0.4) is 0 Å². The van der Waals surface area contributed by atoms with E-state index in [0.717, 1.165) is 17.2 Å². The molecule has 2 aromatic rings. The molecule has 2 aliphatic rings. The van der Waals surface area contributed by atoms with Gasteiger partial charge in [0, 0.05) is 30.8 Å². The van der Waals surface area contributed by atoms with Gasteiger partial charge >= 0.3 is 6.18 Å². The number of anilines is 1. The quantitative estimate of drug-likeness (QED) is 0.474. The largest absolute Gasteiger partial charge is 0.417 e. The van der Waals surface area contributed by atoms with Crippen LogP contribution in [0.25, 0.3) is 10.4 Å². The number of likely N-dealkylation sites (tertiary alicyclic amines) is 1. The lowest BCUT2D eigenvalue weighted by Crippen LogP contribution is -2.52. The standard InChI is InChI=1S/C24H28F5N5O4S2/c1-12-6-23(25,26)11-34(12)21(36)17-18(39-20(33-17)19(35)32-13-8-40(37,38)9-13)14-7-30-16(31-10-22(2,3)4)5-15(14)24(27,28)29/h5,7,12-13H,6,8-11H2,1-4H3,(H,30,31)(H,32,35). The highest BCUT2D eigenvalue weighted by Crippen LogP contribution is 2.42. The summed E-state index contributed by atoms with van der Waals surface area (Å²) in [7, 11) is -3.29. The molecule has 9 nitrogen and oxygen atoms in total. The molecule has 40 heavy (non-hydrogen) atoms. The number of halogens is 5. The fourth-order valence-electron chi connectivity index (χ4n) is 4.38. The molecule has 16 heteroatoms. The molecule has 0 radical (unpaired) electrons. The zero-order valence-corrected chi connectivity index (χ0v) is 23.7.